The second kappa shape index (κ2) is 7.07. The summed E-state index contributed by atoms with van der Waals surface area (Å²) in [7, 11) is 0. The van der Waals surface area contributed by atoms with Crippen molar-refractivity contribution in [2.24, 2.45) is 0 Å². The van der Waals surface area contributed by atoms with Crippen LogP contribution in [0.3, 0.4) is 0 Å². The molecular weight excluding hydrogens is 275 g/mol. The van der Waals surface area contributed by atoms with Gasteiger partial charge in [0.15, 0.2) is 0 Å². The molecule has 0 aromatic heterocycles. The molecule has 19 heavy (non-hydrogen) atoms. The molecular formula is C12H18ClFN2O3. The number of ether oxygens (including phenoxy) is 2. The number of alkyl halides is 1. The van der Waals surface area contributed by atoms with Crippen LogP contribution < -0.4 is 0 Å². The third-order valence-corrected chi connectivity index (χ3v) is 3.48. The fourth-order valence-electron chi connectivity index (χ4n) is 2.05. The molecule has 0 aliphatic carbocycles. The third kappa shape index (κ3) is 4.33. The lowest BCUT2D eigenvalue weighted by Crippen LogP contribution is -2.37. The summed E-state index contributed by atoms with van der Waals surface area (Å²) < 4.78 is 23.9. The van der Waals surface area contributed by atoms with Crippen LogP contribution in [0.15, 0.2) is 11.9 Å². The molecule has 1 atom stereocenters. The number of amides is 1. The van der Waals surface area contributed by atoms with E-state index < -0.39 is 6.09 Å². The van der Waals surface area contributed by atoms with Crippen molar-refractivity contribution < 1.29 is 18.7 Å². The molecule has 0 bridgehead atoms. The van der Waals surface area contributed by atoms with Crippen molar-refractivity contribution in [3.8, 4) is 0 Å². The highest BCUT2D eigenvalue weighted by Crippen LogP contribution is 2.13. The Labute approximate surface area is 116 Å². The van der Waals surface area contributed by atoms with Gasteiger partial charge in [0.25, 0.3) is 0 Å². The number of hydrogen-bond acceptors (Lipinski definition) is 4. The van der Waals surface area contributed by atoms with Crippen molar-refractivity contribution in [1.82, 2.24) is 9.80 Å². The number of rotatable bonds is 5. The summed E-state index contributed by atoms with van der Waals surface area (Å²) in [6, 6.07) is 0. The summed E-state index contributed by atoms with van der Waals surface area (Å²) >= 11 is 5.62. The highest BCUT2D eigenvalue weighted by molar-refractivity contribution is 6.18. The van der Waals surface area contributed by atoms with Crippen LogP contribution in [0.5, 0.6) is 0 Å². The molecule has 0 saturated carbocycles. The van der Waals surface area contributed by atoms with E-state index >= 15 is 0 Å². The Balaban J connectivity index is 1.76. The minimum absolute atomic E-state index is 0.225. The Morgan fingerprint density at radius 3 is 2.84 bits per heavy atom. The minimum atomic E-state index is -0.430. The van der Waals surface area contributed by atoms with Crippen molar-refractivity contribution in [3.63, 3.8) is 0 Å². The van der Waals surface area contributed by atoms with Gasteiger partial charge in [-0.25, -0.2) is 9.18 Å². The molecule has 2 aliphatic heterocycles. The summed E-state index contributed by atoms with van der Waals surface area (Å²) in [5.74, 6) is 0.0337. The van der Waals surface area contributed by atoms with Gasteiger partial charge in [0, 0.05) is 19.6 Å². The molecule has 0 unspecified atom stereocenters. The Morgan fingerprint density at radius 1 is 1.47 bits per heavy atom. The lowest BCUT2D eigenvalue weighted by molar-refractivity contribution is 0.0400. The van der Waals surface area contributed by atoms with E-state index in [2.05, 4.69) is 0 Å². The van der Waals surface area contributed by atoms with Gasteiger partial charge in [-0.2, -0.15) is 0 Å². The fraction of sp³-hybridized carbons (Fsp3) is 0.750. The van der Waals surface area contributed by atoms with Gasteiger partial charge in [-0.15, -0.1) is 11.6 Å². The summed E-state index contributed by atoms with van der Waals surface area (Å²) in [5.41, 5.74) is 0. The topological polar surface area (TPSA) is 42.0 Å². The average molecular weight is 293 g/mol. The molecule has 2 saturated heterocycles. The molecule has 2 heterocycles. The number of carbonyl (C=O) groups excluding carboxylic acids is 1. The van der Waals surface area contributed by atoms with Crippen LogP contribution in [-0.2, 0) is 9.47 Å². The first-order chi connectivity index (χ1) is 9.19. The normalized spacial score (nSPS) is 25.8. The number of nitrogens with zero attached hydrogens (tertiary/aromatic N) is 2. The van der Waals surface area contributed by atoms with E-state index in [0.29, 0.717) is 19.8 Å². The smallest absolute Gasteiger partial charge is 0.410 e. The maximum absolute atomic E-state index is 13.7. The third-order valence-electron chi connectivity index (χ3n) is 3.13. The molecule has 7 heteroatoms. The number of hydrogen-bond donors (Lipinski definition) is 0. The van der Waals surface area contributed by atoms with E-state index in [-0.39, 0.29) is 30.9 Å². The Kier molecular flexibility index (Phi) is 5.42. The quantitative estimate of drug-likeness (QED) is 0.715. The van der Waals surface area contributed by atoms with Crippen LogP contribution in [0, 0.1) is 0 Å². The van der Waals surface area contributed by atoms with Gasteiger partial charge in [-0.3, -0.25) is 4.90 Å². The van der Waals surface area contributed by atoms with E-state index in [4.69, 9.17) is 21.1 Å². The zero-order valence-electron chi connectivity index (χ0n) is 10.7. The molecule has 0 N–H and O–H groups in total. The monoisotopic (exact) mass is 292 g/mol. The molecule has 0 aromatic carbocycles. The predicted octanol–water partition coefficient (Wildman–Crippen LogP) is 1.23. The van der Waals surface area contributed by atoms with Crippen LogP contribution in [0.4, 0.5) is 9.18 Å². The van der Waals surface area contributed by atoms with Crippen LogP contribution in [0.2, 0.25) is 0 Å². The van der Waals surface area contributed by atoms with Gasteiger partial charge in [-0.1, -0.05) is 0 Å². The van der Waals surface area contributed by atoms with E-state index in [9.17, 15) is 9.18 Å². The van der Waals surface area contributed by atoms with Gasteiger partial charge in [0.05, 0.1) is 32.2 Å². The van der Waals surface area contributed by atoms with Crippen molar-refractivity contribution in [2.45, 2.75) is 6.10 Å². The standard InChI is InChI=1S/C12H18ClFN2O3/c13-7-11-9-16(12(17)19-11)2-1-10(14)8-15-3-5-18-6-4-15/h1,11H,2-9H2/b10-1+/t11-/m0/s1. The van der Waals surface area contributed by atoms with Gasteiger partial charge >= 0.3 is 6.09 Å². The largest absolute Gasteiger partial charge is 0.443 e. The summed E-state index contributed by atoms with van der Waals surface area (Å²) in [6.45, 7) is 3.67. The lowest BCUT2D eigenvalue weighted by Gasteiger charge is -2.25. The van der Waals surface area contributed by atoms with Crippen molar-refractivity contribution in [2.75, 3.05) is 51.8 Å². The predicted molar refractivity (Wildman–Crippen MR) is 69.0 cm³/mol. The Morgan fingerprint density at radius 2 is 2.21 bits per heavy atom. The summed E-state index contributed by atoms with van der Waals surface area (Å²) in [6.07, 6.45) is 0.707. The molecule has 2 aliphatic rings. The second-order valence-corrected chi connectivity index (χ2v) is 4.91. The van der Waals surface area contributed by atoms with Crippen LogP contribution in [0.1, 0.15) is 0 Å². The Hall–Kier alpha value is -0.850. The average Bonchev–Trinajstić information content (AvgIpc) is 2.78. The molecule has 2 rings (SSSR count). The van der Waals surface area contributed by atoms with E-state index in [1.807, 2.05) is 4.90 Å². The lowest BCUT2D eigenvalue weighted by atomic mass is 10.3. The van der Waals surface area contributed by atoms with E-state index in [1.54, 1.807) is 0 Å². The second-order valence-electron chi connectivity index (χ2n) is 4.60. The first-order valence-corrected chi connectivity index (χ1v) is 6.88. The zero-order valence-corrected chi connectivity index (χ0v) is 11.4. The maximum Gasteiger partial charge on any atom is 0.410 e. The first kappa shape index (κ1) is 14.6. The Bertz CT molecular complexity index is 348. The highest BCUT2D eigenvalue weighted by atomic mass is 35.5. The van der Waals surface area contributed by atoms with Gasteiger partial charge in [0.1, 0.15) is 11.9 Å². The summed E-state index contributed by atoms with van der Waals surface area (Å²) in [5, 5.41) is 0. The van der Waals surface area contributed by atoms with Crippen LogP contribution in [0.25, 0.3) is 0 Å². The van der Waals surface area contributed by atoms with Gasteiger partial charge in [-0.05, 0) is 6.08 Å². The van der Waals surface area contributed by atoms with Gasteiger partial charge in [0.2, 0.25) is 0 Å². The maximum atomic E-state index is 13.7. The van der Waals surface area contributed by atoms with Crippen molar-refractivity contribution >= 4 is 17.7 Å². The molecule has 0 spiro atoms. The molecule has 0 radical (unpaired) electrons. The molecule has 1 amide bonds. The van der Waals surface area contributed by atoms with Crippen LogP contribution >= 0.6 is 11.6 Å². The van der Waals surface area contributed by atoms with E-state index in [0.717, 1.165) is 13.1 Å². The minimum Gasteiger partial charge on any atom is -0.443 e. The number of morpholine rings is 1. The van der Waals surface area contributed by atoms with Crippen molar-refractivity contribution in [3.05, 3.63) is 11.9 Å². The van der Waals surface area contributed by atoms with Gasteiger partial charge < -0.3 is 14.4 Å². The SMILES string of the molecule is O=C1O[C@@H](CCl)CN1C/C=C(/F)CN1CCOCC1. The zero-order chi connectivity index (χ0) is 13.7. The molecule has 0 aromatic rings. The number of halogens is 2. The number of carbonyl (C=O) groups is 1. The van der Waals surface area contributed by atoms with Crippen molar-refractivity contribution in [1.29, 1.82) is 0 Å². The molecule has 5 nitrogen and oxygen atoms in total. The first-order valence-electron chi connectivity index (χ1n) is 6.35. The fourth-order valence-corrected chi connectivity index (χ4v) is 2.21. The van der Waals surface area contributed by atoms with E-state index in [1.165, 1.54) is 11.0 Å². The van der Waals surface area contributed by atoms with Crippen LogP contribution in [-0.4, -0.2) is 73.8 Å². The molecule has 108 valence electrons. The summed E-state index contributed by atoms with van der Waals surface area (Å²) in [4.78, 5) is 14.8. The molecule has 2 fully saturated rings. The number of cyclic esters (lactones) is 1. The highest BCUT2D eigenvalue weighted by Gasteiger charge is 2.29.